The molecule has 102 valence electrons. The normalized spacial score (nSPS) is 11.2. The number of hydrogen-bond donors (Lipinski definition) is 0. The van der Waals surface area contributed by atoms with E-state index in [0.717, 1.165) is 42.3 Å². The lowest BCUT2D eigenvalue weighted by Crippen LogP contribution is -2.08. The van der Waals surface area contributed by atoms with E-state index < -0.39 is 0 Å². The quantitative estimate of drug-likeness (QED) is 0.759. The van der Waals surface area contributed by atoms with Crippen molar-refractivity contribution in [2.45, 2.75) is 39.7 Å². The first-order valence-electron chi connectivity index (χ1n) is 6.96. The second-order valence-corrected chi connectivity index (χ2v) is 5.81. The maximum atomic E-state index is 9.09. The lowest BCUT2D eigenvalue weighted by atomic mass is 9.89. The van der Waals surface area contributed by atoms with Crippen molar-refractivity contribution in [2.75, 3.05) is 0 Å². The minimum atomic E-state index is -0.229. The molecule has 0 aliphatic rings. The number of fused-ring (bicyclic) bond motifs is 1. The first-order valence-corrected chi connectivity index (χ1v) is 6.96. The third-order valence-corrected chi connectivity index (χ3v) is 3.69. The Morgan fingerprint density at radius 3 is 2.65 bits per heavy atom. The van der Waals surface area contributed by atoms with E-state index >= 15 is 0 Å². The van der Waals surface area contributed by atoms with Crippen molar-refractivity contribution < 1.29 is 0 Å². The first-order chi connectivity index (χ1) is 9.57. The zero-order chi connectivity index (χ0) is 14.6. The van der Waals surface area contributed by atoms with Gasteiger partial charge in [-0.3, -0.25) is 0 Å². The third-order valence-electron chi connectivity index (χ3n) is 3.69. The van der Waals surface area contributed by atoms with E-state index in [-0.39, 0.29) is 5.41 Å². The highest BCUT2D eigenvalue weighted by Crippen LogP contribution is 2.23. The number of nitrogens with zero attached hydrogens (tertiary/aromatic N) is 3. The van der Waals surface area contributed by atoms with Gasteiger partial charge in [-0.05, 0) is 44.9 Å². The molecule has 0 bridgehead atoms. The van der Waals surface area contributed by atoms with Crippen molar-refractivity contribution in [2.24, 2.45) is 5.41 Å². The van der Waals surface area contributed by atoms with Gasteiger partial charge in [0.05, 0.1) is 23.1 Å². The lowest BCUT2D eigenvalue weighted by Gasteiger charge is -2.14. The third kappa shape index (κ3) is 3.00. The molecule has 0 N–H and O–H groups in total. The Labute approximate surface area is 120 Å². The van der Waals surface area contributed by atoms with Crippen molar-refractivity contribution in [3.05, 3.63) is 36.0 Å². The topological polar surface area (TPSA) is 52.5 Å². The van der Waals surface area contributed by atoms with Crippen LogP contribution in [-0.4, -0.2) is 4.57 Å². The highest BCUT2D eigenvalue weighted by atomic mass is 14.9. The number of nitriles is 2. The number of rotatable bonds is 5. The summed E-state index contributed by atoms with van der Waals surface area (Å²) in [5, 5.41) is 19.1. The largest absolute Gasteiger partial charge is 0.347 e. The van der Waals surface area contributed by atoms with Crippen LogP contribution in [0.1, 0.15) is 38.7 Å². The smallest absolute Gasteiger partial charge is 0.0998 e. The van der Waals surface area contributed by atoms with Crippen molar-refractivity contribution in [3.63, 3.8) is 0 Å². The fourth-order valence-corrected chi connectivity index (χ4v) is 2.42. The maximum Gasteiger partial charge on any atom is 0.0998 e. The molecule has 0 amide bonds. The van der Waals surface area contributed by atoms with Crippen molar-refractivity contribution in [1.82, 2.24) is 4.57 Å². The van der Waals surface area contributed by atoms with Crippen LogP contribution in [0.3, 0.4) is 0 Å². The van der Waals surface area contributed by atoms with Crippen LogP contribution in [0.2, 0.25) is 0 Å². The Kier molecular flexibility index (Phi) is 4.11. The Bertz CT molecular complexity index is 680. The number of benzene rings is 1. The van der Waals surface area contributed by atoms with Gasteiger partial charge in [-0.15, -0.1) is 0 Å². The van der Waals surface area contributed by atoms with Crippen LogP contribution in [0.4, 0.5) is 0 Å². The van der Waals surface area contributed by atoms with E-state index in [1.807, 2.05) is 38.2 Å². The minimum absolute atomic E-state index is 0.229. The average molecular weight is 265 g/mol. The van der Waals surface area contributed by atoms with Gasteiger partial charge in [0.2, 0.25) is 0 Å². The molecule has 20 heavy (non-hydrogen) atoms. The highest BCUT2D eigenvalue weighted by Gasteiger charge is 2.15. The number of aromatic nitrogens is 1. The molecule has 0 saturated carbocycles. The van der Waals surface area contributed by atoms with Gasteiger partial charge < -0.3 is 4.57 Å². The van der Waals surface area contributed by atoms with E-state index in [4.69, 9.17) is 10.5 Å². The molecule has 2 aromatic rings. The summed E-state index contributed by atoms with van der Waals surface area (Å²) in [7, 11) is 0. The van der Waals surface area contributed by atoms with Gasteiger partial charge in [0.1, 0.15) is 0 Å². The zero-order valence-electron chi connectivity index (χ0n) is 12.1. The zero-order valence-corrected chi connectivity index (χ0v) is 12.1. The van der Waals surface area contributed by atoms with Crippen LogP contribution in [0, 0.1) is 28.1 Å². The summed E-state index contributed by atoms with van der Waals surface area (Å²) in [6, 6.07) is 12.4. The molecule has 0 aliphatic carbocycles. The molecule has 1 aromatic carbocycles. The van der Waals surface area contributed by atoms with Crippen molar-refractivity contribution in [3.8, 4) is 12.1 Å². The summed E-state index contributed by atoms with van der Waals surface area (Å²) < 4.78 is 2.19. The first kappa shape index (κ1) is 14.2. The van der Waals surface area contributed by atoms with Gasteiger partial charge in [0.25, 0.3) is 0 Å². The molecule has 2 rings (SSSR count). The Balaban J connectivity index is 2.02. The summed E-state index contributed by atoms with van der Waals surface area (Å²) >= 11 is 0. The predicted octanol–water partition coefficient (Wildman–Crippen LogP) is 4.23. The van der Waals surface area contributed by atoms with E-state index in [1.165, 1.54) is 0 Å². The van der Waals surface area contributed by atoms with E-state index in [1.54, 1.807) is 0 Å². The maximum absolute atomic E-state index is 9.09. The summed E-state index contributed by atoms with van der Waals surface area (Å²) in [5.74, 6) is 0. The van der Waals surface area contributed by atoms with E-state index in [0.29, 0.717) is 0 Å². The number of unbranched alkanes of at least 4 members (excludes halogenated alkanes) is 1. The highest BCUT2D eigenvalue weighted by molar-refractivity contribution is 5.85. The van der Waals surface area contributed by atoms with Gasteiger partial charge >= 0.3 is 0 Å². The summed E-state index contributed by atoms with van der Waals surface area (Å²) in [6.07, 6.45) is 5.05. The molecule has 0 atom stereocenters. The molecule has 0 aliphatic heterocycles. The molecule has 0 radical (unpaired) electrons. The average Bonchev–Trinajstić information content (AvgIpc) is 2.87. The molecule has 0 unspecified atom stereocenters. The minimum Gasteiger partial charge on any atom is -0.347 e. The van der Waals surface area contributed by atoms with Crippen molar-refractivity contribution in [1.29, 1.82) is 10.5 Å². The molecule has 0 fully saturated rings. The van der Waals surface area contributed by atoms with Gasteiger partial charge in [-0.25, -0.2) is 0 Å². The predicted molar refractivity (Wildman–Crippen MR) is 79.9 cm³/mol. The Morgan fingerprint density at radius 2 is 1.95 bits per heavy atom. The number of hydrogen-bond acceptors (Lipinski definition) is 2. The molecule has 3 heteroatoms. The van der Waals surface area contributed by atoms with Gasteiger partial charge in [-0.2, -0.15) is 10.5 Å². The Hall–Kier alpha value is -2.26. The molecular formula is C17H19N3. The van der Waals surface area contributed by atoms with Crippen LogP contribution in [0.15, 0.2) is 30.5 Å². The van der Waals surface area contributed by atoms with Crippen LogP contribution >= 0.6 is 0 Å². The Morgan fingerprint density at radius 1 is 1.15 bits per heavy atom. The fourth-order valence-electron chi connectivity index (χ4n) is 2.42. The van der Waals surface area contributed by atoms with Crippen LogP contribution in [0.5, 0.6) is 0 Å². The summed E-state index contributed by atoms with van der Waals surface area (Å²) in [4.78, 5) is 0. The van der Waals surface area contributed by atoms with Gasteiger partial charge in [-0.1, -0.05) is 12.5 Å². The van der Waals surface area contributed by atoms with Gasteiger partial charge in [0.15, 0.2) is 0 Å². The molecule has 0 spiro atoms. The molecule has 1 heterocycles. The lowest BCUT2D eigenvalue weighted by molar-refractivity contribution is 0.418. The summed E-state index contributed by atoms with van der Waals surface area (Å²) in [6.45, 7) is 4.90. The van der Waals surface area contributed by atoms with Crippen LogP contribution in [0.25, 0.3) is 10.9 Å². The second kappa shape index (κ2) is 5.80. The van der Waals surface area contributed by atoms with E-state index in [2.05, 4.69) is 22.8 Å². The van der Waals surface area contributed by atoms with Crippen molar-refractivity contribution >= 4 is 10.9 Å². The van der Waals surface area contributed by atoms with E-state index in [9.17, 15) is 0 Å². The number of aryl methyl sites for hydroxylation is 1. The second-order valence-electron chi connectivity index (χ2n) is 5.81. The van der Waals surface area contributed by atoms with Gasteiger partial charge in [0, 0.05) is 23.6 Å². The standard InChI is InChI=1S/C17H19N3/c1-17(2,13-19)9-3-4-10-20-11-8-15-14(12-18)6-5-7-16(15)20/h5-8,11H,3-4,9-10H2,1-2H3. The molecule has 1 aromatic heterocycles. The molecule has 3 nitrogen and oxygen atoms in total. The fraction of sp³-hybridized carbons (Fsp3) is 0.412. The van der Waals surface area contributed by atoms with Crippen LogP contribution < -0.4 is 0 Å². The van der Waals surface area contributed by atoms with Crippen LogP contribution in [-0.2, 0) is 6.54 Å². The molecular weight excluding hydrogens is 246 g/mol. The molecule has 0 saturated heterocycles. The monoisotopic (exact) mass is 265 g/mol. The SMILES string of the molecule is CC(C)(C#N)CCCCn1ccc2c(C#N)cccc21. The summed E-state index contributed by atoms with van der Waals surface area (Å²) in [5.41, 5.74) is 1.61.